The molecule has 0 aromatic heterocycles. The van der Waals surface area contributed by atoms with Crippen molar-refractivity contribution in [3.63, 3.8) is 0 Å². The summed E-state index contributed by atoms with van der Waals surface area (Å²) in [6.07, 6.45) is 0. The van der Waals surface area contributed by atoms with Gasteiger partial charge in [0.2, 0.25) is 7.29 Å². The van der Waals surface area contributed by atoms with Crippen LogP contribution in [0.2, 0.25) is 0 Å². The Morgan fingerprint density at radius 1 is 0.875 bits per heavy atom. The highest BCUT2D eigenvalue weighted by atomic mass is 127. The predicted octanol–water partition coefficient (Wildman–Crippen LogP) is 4.80. The Morgan fingerprint density at radius 2 is 1.38 bits per heavy atom. The molecular formula is C19H16FINOP. The Morgan fingerprint density at radius 3 is 1.88 bits per heavy atom. The average Bonchev–Trinajstić information content (AvgIpc) is 2.64. The third kappa shape index (κ3) is 3.13. The smallest absolute Gasteiger partial charge is 0.229 e. The third-order valence-electron chi connectivity index (χ3n) is 3.89. The summed E-state index contributed by atoms with van der Waals surface area (Å²) in [6.45, 7) is 0. The Labute approximate surface area is 154 Å². The molecule has 0 saturated carbocycles. The van der Waals surface area contributed by atoms with Crippen molar-refractivity contribution in [2.75, 3.05) is 11.7 Å². The van der Waals surface area contributed by atoms with Gasteiger partial charge in [-0.1, -0.05) is 36.4 Å². The molecule has 0 atom stereocenters. The van der Waals surface area contributed by atoms with Crippen molar-refractivity contribution in [1.29, 1.82) is 0 Å². The van der Waals surface area contributed by atoms with Crippen LogP contribution in [0.1, 0.15) is 0 Å². The summed E-state index contributed by atoms with van der Waals surface area (Å²) >= 11 is 2.14. The van der Waals surface area contributed by atoms with Crippen molar-refractivity contribution in [1.82, 2.24) is 0 Å². The highest BCUT2D eigenvalue weighted by Gasteiger charge is 2.33. The van der Waals surface area contributed by atoms with Crippen molar-refractivity contribution in [2.45, 2.75) is 0 Å². The van der Waals surface area contributed by atoms with Crippen LogP contribution in [0, 0.1) is 9.39 Å². The van der Waals surface area contributed by atoms with E-state index in [0.717, 1.165) is 14.2 Å². The van der Waals surface area contributed by atoms with Crippen LogP contribution in [0.3, 0.4) is 0 Å². The molecule has 0 amide bonds. The fraction of sp³-hybridized carbons (Fsp3) is 0.0526. The normalized spacial score (nSPS) is 11.3. The average molecular weight is 451 g/mol. The Kier molecular flexibility index (Phi) is 5.07. The molecule has 0 N–H and O–H groups in total. The molecule has 0 spiro atoms. The van der Waals surface area contributed by atoms with Gasteiger partial charge in [0.15, 0.2) is 0 Å². The fourth-order valence-corrected chi connectivity index (χ4v) is 6.14. The standard InChI is InChI=1S/C19H16FINOP/c1-22(19-14-15(20)12-13-18(19)21)24(23,16-8-4-2-5-9-16)17-10-6-3-7-11-17/h2-14H,1H3. The lowest BCUT2D eigenvalue weighted by Gasteiger charge is -2.31. The topological polar surface area (TPSA) is 20.3 Å². The lowest BCUT2D eigenvalue weighted by Crippen LogP contribution is -2.30. The maximum Gasteiger partial charge on any atom is 0.229 e. The molecule has 0 aliphatic rings. The SMILES string of the molecule is CN(c1cc(F)ccc1I)P(=O)(c1ccccc1)c1ccccc1. The van der Waals surface area contributed by atoms with Crippen molar-refractivity contribution in [3.05, 3.63) is 88.3 Å². The zero-order valence-corrected chi connectivity index (χ0v) is 16.1. The lowest BCUT2D eigenvalue weighted by atomic mass is 10.3. The second kappa shape index (κ2) is 7.08. The molecule has 3 aromatic carbocycles. The van der Waals surface area contributed by atoms with Gasteiger partial charge in [0.05, 0.1) is 5.69 Å². The van der Waals surface area contributed by atoms with Gasteiger partial charge in [-0.3, -0.25) is 4.57 Å². The monoisotopic (exact) mass is 451 g/mol. The van der Waals surface area contributed by atoms with E-state index in [-0.39, 0.29) is 5.82 Å². The molecule has 0 bridgehead atoms. The number of benzene rings is 3. The van der Waals surface area contributed by atoms with Crippen LogP contribution in [-0.4, -0.2) is 7.05 Å². The summed E-state index contributed by atoms with van der Waals surface area (Å²) in [6, 6.07) is 23.2. The van der Waals surface area contributed by atoms with Gasteiger partial charge < -0.3 is 4.67 Å². The number of anilines is 1. The molecule has 0 aliphatic heterocycles. The molecule has 0 aliphatic carbocycles. The van der Waals surface area contributed by atoms with Gasteiger partial charge >= 0.3 is 0 Å². The molecule has 0 radical (unpaired) electrons. The van der Waals surface area contributed by atoms with Crippen molar-refractivity contribution in [2.24, 2.45) is 0 Å². The van der Waals surface area contributed by atoms with Crippen LogP contribution in [-0.2, 0) is 4.57 Å². The van der Waals surface area contributed by atoms with Gasteiger partial charge in [0, 0.05) is 21.2 Å². The molecule has 3 aromatic rings. The van der Waals surface area contributed by atoms with Crippen molar-refractivity contribution >= 4 is 46.2 Å². The minimum absolute atomic E-state index is 0.343. The molecule has 0 saturated heterocycles. The number of rotatable bonds is 4. The van der Waals surface area contributed by atoms with Gasteiger partial charge in [-0.25, -0.2) is 4.39 Å². The quantitative estimate of drug-likeness (QED) is 0.420. The van der Waals surface area contributed by atoms with E-state index in [1.165, 1.54) is 12.1 Å². The second-order valence-electron chi connectivity index (χ2n) is 5.37. The first-order chi connectivity index (χ1) is 11.5. The van der Waals surface area contributed by atoms with E-state index in [1.54, 1.807) is 17.8 Å². The molecule has 2 nitrogen and oxygen atoms in total. The largest absolute Gasteiger partial charge is 0.318 e. The first kappa shape index (κ1) is 17.2. The summed E-state index contributed by atoms with van der Waals surface area (Å²) in [4.78, 5) is 0. The predicted molar refractivity (Wildman–Crippen MR) is 107 cm³/mol. The van der Waals surface area contributed by atoms with Crippen LogP contribution >= 0.6 is 29.9 Å². The molecule has 3 rings (SSSR count). The number of hydrogen-bond donors (Lipinski definition) is 0. The first-order valence-corrected chi connectivity index (χ1v) is 10.2. The van der Waals surface area contributed by atoms with Crippen LogP contribution in [0.5, 0.6) is 0 Å². The van der Waals surface area contributed by atoms with E-state index in [9.17, 15) is 8.96 Å². The van der Waals surface area contributed by atoms with Crippen LogP contribution in [0.15, 0.2) is 78.9 Å². The Hall–Kier alpha value is -1.65. The minimum Gasteiger partial charge on any atom is -0.318 e. The molecule has 122 valence electrons. The highest BCUT2D eigenvalue weighted by Crippen LogP contribution is 2.49. The summed E-state index contributed by atoms with van der Waals surface area (Å²) in [5.41, 5.74) is 0.617. The summed E-state index contributed by atoms with van der Waals surface area (Å²) in [5, 5.41) is 1.44. The van der Waals surface area contributed by atoms with Crippen LogP contribution in [0.4, 0.5) is 10.1 Å². The second-order valence-corrected chi connectivity index (χ2v) is 9.31. The molecule has 0 unspecified atom stereocenters. The number of nitrogens with zero attached hydrogens (tertiary/aromatic N) is 1. The molecule has 0 heterocycles. The molecule has 5 heteroatoms. The first-order valence-electron chi connectivity index (χ1n) is 7.44. The van der Waals surface area contributed by atoms with Crippen LogP contribution in [0.25, 0.3) is 0 Å². The van der Waals surface area contributed by atoms with Gasteiger partial charge in [-0.2, -0.15) is 0 Å². The van der Waals surface area contributed by atoms with Crippen LogP contribution < -0.4 is 15.3 Å². The van der Waals surface area contributed by atoms with E-state index in [1.807, 2.05) is 60.7 Å². The maximum atomic E-state index is 14.2. The van der Waals surface area contributed by atoms with E-state index in [0.29, 0.717) is 5.69 Å². The molecular weight excluding hydrogens is 435 g/mol. The van der Waals surface area contributed by atoms with Gasteiger partial charge in [0.1, 0.15) is 5.82 Å². The van der Waals surface area contributed by atoms with Gasteiger partial charge in [-0.15, -0.1) is 0 Å². The van der Waals surface area contributed by atoms with Gasteiger partial charge in [0.25, 0.3) is 0 Å². The number of hydrogen-bond acceptors (Lipinski definition) is 1. The minimum atomic E-state index is -3.12. The third-order valence-corrected chi connectivity index (χ3v) is 7.86. The summed E-state index contributed by atoms with van der Waals surface area (Å²) in [5.74, 6) is -0.343. The van der Waals surface area contributed by atoms with E-state index >= 15 is 0 Å². The lowest BCUT2D eigenvalue weighted by molar-refractivity contribution is 0.585. The molecule has 0 fully saturated rings. The van der Waals surface area contributed by atoms with E-state index < -0.39 is 7.29 Å². The van der Waals surface area contributed by atoms with Crippen molar-refractivity contribution in [3.8, 4) is 0 Å². The molecule has 24 heavy (non-hydrogen) atoms. The maximum absolute atomic E-state index is 14.2. The zero-order chi connectivity index (χ0) is 17.2. The summed E-state index contributed by atoms with van der Waals surface area (Å²) < 4.78 is 30.5. The van der Waals surface area contributed by atoms with E-state index in [4.69, 9.17) is 0 Å². The highest BCUT2D eigenvalue weighted by molar-refractivity contribution is 14.1. The summed E-state index contributed by atoms with van der Waals surface area (Å²) in [7, 11) is -1.36. The zero-order valence-electron chi connectivity index (χ0n) is 13.1. The fourth-order valence-electron chi connectivity index (χ4n) is 2.64. The van der Waals surface area contributed by atoms with Crippen molar-refractivity contribution < 1.29 is 8.96 Å². The Bertz CT molecular complexity index is 843. The van der Waals surface area contributed by atoms with E-state index in [2.05, 4.69) is 22.6 Å². The van der Waals surface area contributed by atoms with Gasteiger partial charge in [-0.05, 0) is 65.1 Å². The number of halogens is 2. The Balaban J connectivity index is 2.23.